The van der Waals surface area contributed by atoms with Crippen molar-refractivity contribution in [3.63, 3.8) is 0 Å². The zero-order valence-electron chi connectivity index (χ0n) is 15.7. The quantitative estimate of drug-likeness (QED) is 0.517. The fraction of sp³-hybridized carbons (Fsp3) is 0.300. The average molecular weight is 402 g/mol. The Morgan fingerprint density at radius 2 is 1.86 bits per heavy atom. The molecule has 2 aromatic carbocycles. The molecule has 0 aliphatic rings. The van der Waals surface area contributed by atoms with Gasteiger partial charge in [0.2, 0.25) is 0 Å². The molecule has 0 spiro atoms. The van der Waals surface area contributed by atoms with E-state index in [2.05, 4.69) is 6.07 Å². The van der Waals surface area contributed by atoms with Gasteiger partial charge in [-0.3, -0.25) is 10.0 Å². The van der Waals surface area contributed by atoms with E-state index in [9.17, 15) is 13.2 Å². The van der Waals surface area contributed by atoms with Crippen LogP contribution >= 0.6 is 0 Å². The number of nitriles is 1. The topological polar surface area (TPSA) is 116 Å². The van der Waals surface area contributed by atoms with Gasteiger partial charge in [-0.1, -0.05) is 30.3 Å². The Morgan fingerprint density at radius 1 is 1.21 bits per heavy atom. The molecule has 0 fully saturated rings. The van der Waals surface area contributed by atoms with Crippen molar-refractivity contribution in [3.05, 3.63) is 65.2 Å². The number of nitrogens with one attached hydrogen (secondary N) is 1. The first-order valence-corrected chi connectivity index (χ1v) is 10.4. The van der Waals surface area contributed by atoms with Gasteiger partial charge < -0.3 is 4.74 Å². The van der Waals surface area contributed by atoms with Gasteiger partial charge in [-0.2, -0.15) is 5.26 Å². The van der Waals surface area contributed by atoms with Crippen LogP contribution in [0.3, 0.4) is 0 Å². The van der Waals surface area contributed by atoms with E-state index < -0.39 is 20.5 Å². The summed E-state index contributed by atoms with van der Waals surface area (Å²) in [4.78, 5) is 11.8. The van der Waals surface area contributed by atoms with Crippen LogP contribution in [0.4, 0.5) is 0 Å². The predicted molar refractivity (Wildman–Crippen MR) is 103 cm³/mol. The summed E-state index contributed by atoms with van der Waals surface area (Å²) in [6, 6.07) is 16.3. The van der Waals surface area contributed by atoms with Crippen molar-refractivity contribution >= 4 is 15.7 Å². The van der Waals surface area contributed by atoms with Gasteiger partial charge in [0.15, 0.2) is 9.84 Å². The summed E-state index contributed by atoms with van der Waals surface area (Å²) in [5, 5.41) is 18.0. The molecule has 28 heavy (non-hydrogen) atoms. The minimum Gasteiger partial charge on any atom is -0.489 e. The molecule has 2 N–H and O–H groups in total. The Hall–Kier alpha value is -2.89. The molecular formula is C20H22N2O5S. The smallest absolute Gasteiger partial charge is 0.264 e. The van der Waals surface area contributed by atoms with Gasteiger partial charge in [-0.25, -0.2) is 13.9 Å². The average Bonchev–Trinajstić information content (AvgIpc) is 2.69. The van der Waals surface area contributed by atoms with Gasteiger partial charge in [-0.15, -0.1) is 0 Å². The third kappa shape index (κ3) is 4.88. The van der Waals surface area contributed by atoms with Crippen molar-refractivity contribution in [1.29, 1.82) is 5.26 Å². The van der Waals surface area contributed by atoms with Crippen LogP contribution in [0.5, 0.6) is 5.75 Å². The number of ether oxygens (including phenoxy) is 1. The molecule has 1 atom stereocenters. The number of carbonyl (C=O) groups is 1. The number of nitrogens with zero attached hydrogens (tertiary/aromatic N) is 1. The lowest BCUT2D eigenvalue weighted by Gasteiger charge is -2.25. The number of hydroxylamine groups is 1. The van der Waals surface area contributed by atoms with Crippen molar-refractivity contribution < 1.29 is 23.2 Å². The molecule has 0 radical (unpaired) electrons. The van der Waals surface area contributed by atoms with E-state index in [4.69, 9.17) is 15.2 Å². The monoisotopic (exact) mass is 402 g/mol. The lowest BCUT2D eigenvalue weighted by atomic mass is 9.99. The number of carbonyl (C=O) groups excluding carboxylic acids is 1. The fourth-order valence-corrected chi connectivity index (χ4v) is 3.49. The SMILES string of the molecule is CC(CCc1ccc(OCc2ccccc2C#N)cc1)(C(=O)NO)S(C)(=O)=O. The largest absolute Gasteiger partial charge is 0.489 e. The highest BCUT2D eigenvalue weighted by molar-refractivity contribution is 7.92. The van der Waals surface area contributed by atoms with Crippen LogP contribution in [-0.2, 0) is 27.7 Å². The van der Waals surface area contributed by atoms with E-state index in [1.165, 1.54) is 12.4 Å². The molecule has 0 bridgehead atoms. The van der Waals surface area contributed by atoms with Crippen molar-refractivity contribution in [1.82, 2.24) is 5.48 Å². The van der Waals surface area contributed by atoms with Crippen LogP contribution in [-0.4, -0.2) is 30.5 Å². The van der Waals surface area contributed by atoms with Gasteiger partial charge in [0.1, 0.15) is 17.1 Å². The molecule has 0 aliphatic carbocycles. The van der Waals surface area contributed by atoms with Crippen LogP contribution < -0.4 is 10.2 Å². The van der Waals surface area contributed by atoms with Crippen LogP contribution in [0.1, 0.15) is 30.0 Å². The Bertz CT molecular complexity index is 980. The molecule has 1 unspecified atom stereocenters. The first-order chi connectivity index (χ1) is 13.2. The third-order valence-electron chi connectivity index (χ3n) is 4.75. The minimum atomic E-state index is -3.72. The summed E-state index contributed by atoms with van der Waals surface area (Å²) in [5.74, 6) is -0.346. The number of hydrogen-bond donors (Lipinski definition) is 2. The molecule has 0 saturated heterocycles. The second-order valence-corrected chi connectivity index (χ2v) is 9.09. The summed E-state index contributed by atoms with van der Waals surface area (Å²) in [5.41, 5.74) is 3.60. The Balaban J connectivity index is 2.03. The van der Waals surface area contributed by atoms with Gasteiger partial charge in [0.05, 0.1) is 11.6 Å². The van der Waals surface area contributed by atoms with Gasteiger partial charge in [-0.05, 0) is 43.5 Å². The number of benzene rings is 2. The Labute approximate surface area is 164 Å². The second kappa shape index (κ2) is 8.87. The first kappa shape index (κ1) is 21.4. The zero-order valence-corrected chi connectivity index (χ0v) is 16.5. The summed E-state index contributed by atoms with van der Waals surface area (Å²) >= 11 is 0. The number of aryl methyl sites for hydroxylation is 1. The highest BCUT2D eigenvalue weighted by atomic mass is 32.2. The van der Waals surface area contributed by atoms with Gasteiger partial charge >= 0.3 is 0 Å². The van der Waals surface area contributed by atoms with Crippen LogP contribution in [0.2, 0.25) is 0 Å². The summed E-state index contributed by atoms with van der Waals surface area (Å²) in [6.07, 6.45) is 1.32. The number of hydrogen-bond acceptors (Lipinski definition) is 6. The molecule has 0 saturated carbocycles. The zero-order chi connectivity index (χ0) is 20.8. The molecule has 148 valence electrons. The standard InChI is InChI=1S/C20H22N2O5S/c1-20(19(23)22-24,28(2,25)26)12-11-15-7-9-18(10-8-15)27-14-17-6-4-3-5-16(17)13-21/h3-10,24H,11-12,14H2,1-2H3,(H,22,23). The Morgan fingerprint density at radius 3 is 2.43 bits per heavy atom. The van der Waals surface area contributed by atoms with E-state index in [0.29, 0.717) is 17.7 Å². The van der Waals surface area contributed by atoms with Crippen LogP contribution in [0, 0.1) is 11.3 Å². The molecule has 7 nitrogen and oxygen atoms in total. The van der Waals surface area contributed by atoms with Gasteiger partial charge in [0.25, 0.3) is 5.91 Å². The van der Waals surface area contributed by atoms with Crippen molar-refractivity contribution in [2.45, 2.75) is 31.1 Å². The minimum absolute atomic E-state index is 0.0218. The van der Waals surface area contributed by atoms with Crippen LogP contribution in [0.25, 0.3) is 0 Å². The molecule has 0 heterocycles. The summed E-state index contributed by atoms with van der Waals surface area (Å²) < 4.78 is 27.9. The highest BCUT2D eigenvalue weighted by Gasteiger charge is 2.43. The van der Waals surface area contributed by atoms with Crippen LogP contribution in [0.15, 0.2) is 48.5 Å². The summed E-state index contributed by atoms with van der Waals surface area (Å²) in [6.45, 7) is 1.55. The van der Waals surface area contributed by atoms with E-state index in [0.717, 1.165) is 17.4 Å². The van der Waals surface area contributed by atoms with Crippen molar-refractivity contribution in [2.24, 2.45) is 0 Å². The normalized spacial score (nSPS) is 13.2. The lowest BCUT2D eigenvalue weighted by molar-refractivity contribution is -0.131. The van der Waals surface area contributed by atoms with E-state index in [1.807, 2.05) is 12.1 Å². The predicted octanol–water partition coefficient (Wildman–Crippen LogP) is 2.38. The fourth-order valence-electron chi connectivity index (χ4n) is 2.64. The third-order valence-corrected chi connectivity index (χ3v) is 6.77. The lowest BCUT2D eigenvalue weighted by Crippen LogP contribution is -2.49. The number of sulfone groups is 1. The van der Waals surface area contributed by atoms with Crippen molar-refractivity contribution in [2.75, 3.05) is 6.26 Å². The molecule has 8 heteroatoms. The maximum absolute atomic E-state index is 12.0. The Kier molecular flexibility index (Phi) is 6.78. The van der Waals surface area contributed by atoms with E-state index in [1.54, 1.807) is 36.4 Å². The molecular weight excluding hydrogens is 380 g/mol. The van der Waals surface area contributed by atoms with E-state index in [-0.39, 0.29) is 13.0 Å². The summed E-state index contributed by atoms with van der Waals surface area (Å²) in [7, 11) is -3.72. The molecule has 1 amide bonds. The van der Waals surface area contributed by atoms with Crippen molar-refractivity contribution in [3.8, 4) is 11.8 Å². The molecule has 0 aliphatic heterocycles. The first-order valence-electron chi connectivity index (χ1n) is 8.55. The maximum atomic E-state index is 12.0. The number of rotatable bonds is 8. The second-order valence-electron chi connectivity index (χ2n) is 6.65. The maximum Gasteiger partial charge on any atom is 0.264 e. The van der Waals surface area contributed by atoms with E-state index >= 15 is 0 Å². The molecule has 2 aromatic rings. The van der Waals surface area contributed by atoms with Gasteiger partial charge in [0, 0.05) is 11.8 Å². The number of amides is 1. The molecule has 2 rings (SSSR count). The highest BCUT2D eigenvalue weighted by Crippen LogP contribution is 2.24. The molecule has 0 aromatic heterocycles.